The standard InChI is InChI=1S/C21H34O3/c1-3-4-5-6-7-8-9-10-11-12-13-18-24-21(22)19-14-16-20(23-2)17-15-19/h14-17H,3-13,18H2,1-2H3. The Morgan fingerprint density at radius 3 is 1.79 bits per heavy atom. The molecule has 0 fully saturated rings. The van der Waals surface area contributed by atoms with Gasteiger partial charge in [0.2, 0.25) is 0 Å². The van der Waals surface area contributed by atoms with E-state index in [1.165, 1.54) is 57.8 Å². The summed E-state index contributed by atoms with van der Waals surface area (Å²) < 4.78 is 10.4. The minimum atomic E-state index is -0.246. The van der Waals surface area contributed by atoms with Crippen LogP contribution in [0.2, 0.25) is 0 Å². The van der Waals surface area contributed by atoms with Gasteiger partial charge in [-0.15, -0.1) is 0 Å². The van der Waals surface area contributed by atoms with Gasteiger partial charge in [-0.2, -0.15) is 0 Å². The molecule has 3 heteroatoms. The van der Waals surface area contributed by atoms with Crippen molar-refractivity contribution >= 4 is 5.97 Å². The smallest absolute Gasteiger partial charge is 0.338 e. The van der Waals surface area contributed by atoms with Crippen molar-refractivity contribution in [1.82, 2.24) is 0 Å². The number of unbranched alkanes of at least 4 members (excludes halogenated alkanes) is 10. The molecule has 0 aliphatic carbocycles. The maximum absolute atomic E-state index is 11.9. The molecule has 136 valence electrons. The highest BCUT2D eigenvalue weighted by molar-refractivity contribution is 5.89. The number of ether oxygens (including phenoxy) is 2. The van der Waals surface area contributed by atoms with Crippen molar-refractivity contribution in [2.24, 2.45) is 0 Å². The highest BCUT2D eigenvalue weighted by Crippen LogP contribution is 2.13. The van der Waals surface area contributed by atoms with Crippen LogP contribution in [0, 0.1) is 0 Å². The molecule has 0 N–H and O–H groups in total. The van der Waals surface area contributed by atoms with Crippen molar-refractivity contribution < 1.29 is 14.3 Å². The van der Waals surface area contributed by atoms with Crippen LogP contribution in [0.4, 0.5) is 0 Å². The van der Waals surface area contributed by atoms with Crippen LogP contribution < -0.4 is 4.74 Å². The topological polar surface area (TPSA) is 35.5 Å². The first-order valence-corrected chi connectivity index (χ1v) is 9.59. The van der Waals surface area contributed by atoms with Gasteiger partial charge in [0.15, 0.2) is 0 Å². The highest BCUT2D eigenvalue weighted by Gasteiger charge is 2.06. The van der Waals surface area contributed by atoms with Gasteiger partial charge in [-0.05, 0) is 30.7 Å². The molecule has 3 nitrogen and oxygen atoms in total. The fraction of sp³-hybridized carbons (Fsp3) is 0.667. The van der Waals surface area contributed by atoms with Crippen molar-refractivity contribution in [2.75, 3.05) is 13.7 Å². The predicted octanol–water partition coefficient (Wildman–Crippen LogP) is 6.16. The van der Waals surface area contributed by atoms with Crippen molar-refractivity contribution in [3.63, 3.8) is 0 Å². The van der Waals surface area contributed by atoms with Gasteiger partial charge in [-0.25, -0.2) is 4.79 Å². The summed E-state index contributed by atoms with van der Waals surface area (Å²) in [4.78, 5) is 11.9. The monoisotopic (exact) mass is 334 g/mol. The highest BCUT2D eigenvalue weighted by atomic mass is 16.5. The van der Waals surface area contributed by atoms with E-state index in [1.807, 2.05) is 0 Å². The zero-order chi connectivity index (χ0) is 17.5. The molecule has 0 unspecified atom stereocenters. The van der Waals surface area contributed by atoms with Gasteiger partial charge < -0.3 is 9.47 Å². The average Bonchev–Trinajstić information content (AvgIpc) is 2.62. The third-order valence-electron chi connectivity index (χ3n) is 4.31. The van der Waals surface area contributed by atoms with Gasteiger partial charge in [0, 0.05) is 0 Å². The SMILES string of the molecule is CCCCCCCCCCCCCOC(=O)c1ccc(OC)cc1. The number of esters is 1. The van der Waals surface area contributed by atoms with Gasteiger partial charge in [0.25, 0.3) is 0 Å². The van der Waals surface area contributed by atoms with E-state index in [2.05, 4.69) is 6.92 Å². The second kappa shape index (κ2) is 13.9. The van der Waals surface area contributed by atoms with Crippen LogP contribution >= 0.6 is 0 Å². The molecule has 1 rings (SSSR count). The Hall–Kier alpha value is -1.51. The molecule has 0 aromatic heterocycles. The number of methoxy groups -OCH3 is 1. The molecule has 0 saturated heterocycles. The molecule has 0 heterocycles. The maximum Gasteiger partial charge on any atom is 0.338 e. The lowest BCUT2D eigenvalue weighted by molar-refractivity contribution is 0.0497. The summed E-state index contributed by atoms with van der Waals surface area (Å²) in [6.07, 6.45) is 14.3. The van der Waals surface area contributed by atoms with Gasteiger partial charge in [0.05, 0.1) is 19.3 Å². The van der Waals surface area contributed by atoms with Crippen LogP contribution in [-0.2, 0) is 4.74 Å². The van der Waals surface area contributed by atoms with Crippen LogP contribution in [-0.4, -0.2) is 19.7 Å². The van der Waals surface area contributed by atoms with Crippen LogP contribution in [0.5, 0.6) is 5.75 Å². The summed E-state index contributed by atoms with van der Waals surface area (Å²) in [7, 11) is 1.61. The zero-order valence-corrected chi connectivity index (χ0v) is 15.5. The van der Waals surface area contributed by atoms with E-state index >= 15 is 0 Å². The molecule has 0 radical (unpaired) electrons. The first kappa shape index (κ1) is 20.5. The van der Waals surface area contributed by atoms with Crippen molar-refractivity contribution in [1.29, 1.82) is 0 Å². The second-order valence-electron chi connectivity index (χ2n) is 6.40. The van der Waals surface area contributed by atoms with Gasteiger partial charge in [-0.3, -0.25) is 0 Å². The fourth-order valence-electron chi connectivity index (χ4n) is 2.74. The summed E-state index contributed by atoms with van der Waals surface area (Å²) >= 11 is 0. The van der Waals surface area contributed by atoms with Crippen molar-refractivity contribution in [3.8, 4) is 5.75 Å². The van der Waals surface area contributed by atoms with E-state index in [1.54, 1.807) is 31.4 Å². The molecule has 1 aromatic rings. The first-order chi connectivity index (χ1) is 11.8. The molecule has 0 atom stereocenters. The third kappa shape index (κ3) is 9.59. The lowest BCUT2D eigenvalue weighted by atomic mass is 10.1. The second-order valence-corrected chi connectivity index (χ2v) is 6.40. The quantitative estimate of drug-likeness (QED) is 0.302. The van der Waals surface area contributed by atoms with Crippen molar-refractivity contribution in [3.05, 3.63) is 29.8 Å². The van der Waals surface area contributed by atoms with Crippen LogP contribution in [0.1, 0.15) is 87.9 Å². The number of hydrogen-bond donors (Lipinski definition) is 0. The van der Waals surface area contributed by atoms with E-state index in [0.717, 1.165) is 18.6 Å². The lowest BCUT2D eigenvalue weighted by Crippen LogP contribution is -2.06. The van der Waals surface area contributed by atoms with E-state index in [0.29, 0.717) is 12.2 Å². The van der Waals surface area contributed by atoms with Gasteiger partial charge in [-0.1, -0.05) is 71.1 Å². The van der Waals surface area contributed by atoms with Crippen LogP contribution in [0.15, 0.2) is 24.3 Å². The summed E-state index contributed by atoms with van der Waals surface area (Å²) in [6.45, 7) is 2.77. The summed E-state index contributed by atoms with van der Waals surface area (Å²) in [5.74, 6) is 0.502. The number of hydrogen-bond acceptors (Lipinski definition) is 3. The third-order valence-corrected chi connectivity index (χ3v) is 4.31. The normalized spacial score (nSPS) is 10.6. The average molecular weight is 334 g/mol. The number of carbonyl (C=O) groups is 1. The first-order valence-electron chi connectivity index (χ1n) is 9.59. The van der Waals surface area contributed by atoms with E-state index in [-0.39, 0.29) is 5.97 Å². The molecule has 0 aliphatic heterocycles. The maximum atomic E-state index is 11.9. The molecular formula is C21H34O3. The molecule has 0 saturated carbocycles. The Morgan fingerprint density at radius 2 is 1.29 bits per heavy atom. The Morgan fingerprint density at radius 1 is 0.792 bits per heavy atom. The Labute approximate surface area is 147 Å². The molecule has 24 heavy (non-hydrogen) atoms. The summed E-state index contributed by atoms with van der Waals surface area (Å²) in [6, 6.07) is 7.03. The zero-order valence-electron chi connectivity index (χ0n) is 15.5. The van der Waals surface area contributed by atoms with Crippen molar-refractivity contribution in [2.45, 2.75) is 77.6 Å². The Bertz CT molecular complexity index is 425. The largest absolute Gasteiger partial charge is 0.497 e. The van der Waals surface area contributed by atoms with Gasteiger partial charge in [0.1, 0.15) is 5.75 Å². The van der Waals surface area contributed by atoms with E-state index in [9.17, 15) is 4.79 Å². The number of benzene rings is 1. The minimum absolute atomic E-state index is 0.246. The Kier molecular flexibility index (Phi) is 11.9. The molecular weight excluding hydrogens is 300 g/mol. The summed E-state index contributed by atoms with van der Waals surface area (Å²) in [5.41, 5.74) is 0.582. The molecule has 1 aromatic carbocycles. The van der Waals surface area contributed by atoms with E-state index < -0.39 is 0 Å². The fourth-order valence-corrected chi connectivity index (χ4v) is 2.74. The van der Waals surface area contributed by atoms with E-state index in [4.69, 9.17) is 9.47 Å². The molecule has 0 spiro atoms. The van der Waals surface area contributed by atoms with Gasteiger partial charge >= 0.3 is 5.97 Å². The predicted molar refractivity (Wildman–Crippen MR) is 99.7 cm³/mol. The number of carbonyl (C=O) groups excluding carboxylic acids is 1. The molecule has 0 bridgehead atoms. The summed E-state index contributed by atoms with van der Waals surface area (Å²) in [5, 5.41) is 0. The Balaban J connectivity index is 1.93. The lowest BCUT2D eigenvalue weighted by Gasteiger charge is -2.06. The number of rotatable bonds is 14. The van der Waals surface area contributed by atoms with Crippen LogP contribution in [0.3, 0.4) is 0 Å². The van der Waals surface area contributed by atoms with Crippen LogP contribution in [0.25, 0.3) is 0 Å². The minimum Gasteiger partial charge on any atom is -0.497 e. The molecule has 0 aliphatic rings. The molecule has 0 amide bonds.